The monoisotopic (exact) mass is 915 g/mol. The van der Waals surface area contributed by atoms with Gasteiger partial charge in [0, 0.05) is 19.3 Å². The first-order chi connectivity index (χ1) is 32.5. The first-order valence-corrected chi connectivity index (χ1v) is 27.0. The molecule has 0 saturated carbocycles. The summed E-state index contributed by atoms with van der Waals surface area (Å²) in [7, 11) is 0. The largest absolute Gasteiger partial charge is 0.462 e. The molecule has 0 aromatic heterocycles. The smallest absolute Gasteiger partial charge is 0.306 e. The van der Waals surface area contributed by atoms with Crippen LogP contribution in [0.5, 0.6) is 0 Å². The zero-order valence-electron chi connectivity index (χ0n) is 42.7. The average Bonchev–Trinajstić information content (AvgIpc) is 3.31. The van der Waals surface area contributed by atoms with E-state index in [2.05, 4.69) is 81.5 Å². The topological polar surface area (TPSA) is 78.9 Å². The molecule has 0 N–H and O–H groups in total. The highest BCUT2D eigenvalue weighted by atomic mass is 16.6. The Morgan fingerprint density at radius 3 is 0.970 bits per heavy atom. The van der Waals surface area contributed by atoms with Crippen molar-refractivity contribution < 1.29 is 28.6 Å². The molecule has 0 heterocycles. The van der Waals surface area contributed by atoms with E-state index in [4.69, 9.17) is 14.2 Å². The van der Waals surface area contributed by atoms with Crippen molar-refractivity contribution in [3.8, 4) is 0 Å². The van der Waals surface area contributed by atoms with Gasteiger partial charge in [0.05, 0.1) is 0 Å². The summed E-state index contributed by atoms with van der Waals surface area (Å²) in [6, 6.07) is 0. The molecule has 0 radical (unpaired) electrons. The Bertz CT molecular complexity index is 1370. The van der Waals surface area contributed by atoms with Crippen LogP contribution in [0.3, 0.4) is 0 Å². The quantitative estimate of drug-likeness (QED) is 0.0262. The van der Waals surface area contributed by atoms with Crippen LogP contribution in [0.1, 0.15) is 233 Å². The van der Waals surface area contributed by atoms with Crippen LogP contribution < -0.4 is 0 Å². The van der Waals surface area contributed by atoms with Crippen LogP contribution in [0.2, 0.25) is 0 Å². The van der Waals surface area contributed by atoms with Crippen LogP contribution in [-0.4, -0.2) is 37.2 Å². The molecule has 6 nitrogen and oxygen atoms in total. The second kappa shape index (κ2) is 53.7. The van der Waals surface area contributed by atoms with Gasteiger partial charge in [0.15, 0.2) is 6.10 Å². The van der Waals surface area contributed by atoms with Gasteiger partial charge >= 0.3 is 17.9 Å². The third-order valence-corrected chi connectivity index (χ3v) is 11.2. The minimum absolute atomic E-state index is 0.103. The van der Waals surface area contributed by atoms with E-state index in [1.807, 2.05) is 48.6 Å². The Kier molecular flexibility index (Phi) is 50.5. The third kappa shape index (κ3) is 51.1. The van der Waals surface area contributed by atoms with Gasteiger partial charge in [0.25, 0.3) is 0 Å². The molecule has 0 bridgehead atoms. The standard InChI is InChI=1S/C60H98O6/c1-4-7-10-13-16-19-22-25-28-29-30-33-35-38-41-44-47-50-53-59(62)65-56-57(66-60(63)54-51-48-45-42-39-36-32-27-24-21-18-15-12-9-6-3)55-64-58(61)52-49-46-43-40-37-34-31-26-23-20-17-14-11-8-5-2/h9,12,15-16,18-19,21-22,24-25,27-30,32-33,36,39,57H,4-8,10-11,13-14,17,20,23,26,31,34-35,37-38,40-56H2,1-3H3/b12-9-,18-15-,19-16-,24-21-,25-22-,29-28-,32-27-,33-30-,39-36-. The number of rotatable bonds is 47. The summed E-state index contributed by atoms with van der Waals surface area (Å²) in [5, 5.41) is 0. The van der Waals surface area contributed by atoms with E-state index in [9.17, 15) is 14.4 Å². The summed E-state index contributed by atoms with van der Waals surface area (Å²) in [5.74, 6) is -0.970. The minimum Gasteiger partial charge on any atom is -0.462 e. The highest BCUT2D eigenvalue weighted by molar-refractivity contribution is 5.71. The van der Waals surface area contributed by atoms with Gasteiger partial charge < -0.3 is 14.2 Å². The zero-order chi connectivity index (χ0) is 47.9. The molecule has 0 fully saturated rings. The molecule has 0 aromatic carbocycles. The van der Waals surface area contributed by atoms with Crippen molar-refractivity contribution in [1.29, 1.82) is 0 Å². The lowest BCUT2D eigenvalue weighted by atomic mass is 10.0. The van der Waals surface area contributed by atoms with Crippen LogP contribution in [-0.2, 0) is 28.6 Å². The lowest BCUT2D eigenvalue weighted by Crippen LogP contribution is -2.30. The maximum absolute atomic E-state index is 12.8. The lowest BCUT2D eigenvalue weighted by Gasteiger charge is -2.18. The Balaban J connectivity index is 4.51. The molecule has 0 spiro atoms. The fourth-order valence-electron chi connectivity index (χ4n) is 7.18. The number of allylic oxidation sites excluding steroid dienone is 18. The van der Waals surface area contributed by atoms with Gasteiger partial charge in [-0.25, -0.2) is 0 Å². The van der Waals surface area contributed by atoms with Crippen molar-refractivity contribution in [3.05, 3.63) is 109 Å². The second-order valence-electron chi connectivity index (χ2n) is 17.6. The molecule has 0 aliphatic heterocycles. The zero-order valence-corrected chi connectivity index (χ0v) is 42.7. The van der Waals surface area contributed by atoms with Crippen LogP contribution in [0.25, 0.3) is 0 Å². The van der Waals surface area contributed by atoms with E-state index in [0.717, 1.165) is 89.9 Å². The summed E-state index contributed by atoms with van der Waals surface area (Å²) in [6.45, 7) is 6.40. The Morgan fingerprint density at radius 2 is 0.591 bits per heavy atom. The van der Waals surface area contributed by atoms with Crippen molar-refractivity contribution in [1.82, 2.24) is 0 Å². The molecule has 0 aliphatic carbocycles. The number of carbonyl (C=O) groups excluding carboxylic acids is 3. The number of ether oxygens (including phenoxy) is 3. The molecule has 374 valence electrons. The molecule has 0 rings (SSSR count). The minimum atomic E-state index is -0.811. The lowest BCUT2D eigenvalue weighted by molar-refractivity contribution is -0.167. The predicted octanol–water partition coefficient (Wildman–Crippen LogP) is 17.9. The number of hydrogen-bond acceptors (Lipinski definition) is 6. The van der Waals surface area contributed by atoms with Gasteiger partial charge in [0.1, 0.15) is 13.2 Å². The van der Waals surface area contributed by atoms with Crippen LogP contribution in [0.15, 0.2) is 109 Å². The molecule has 0 amide bonds. The second-order valence-corrected chi connectivity index (χ2v) is 17.6. The van der Waals surface area contributed by atoms with E-state index in [1.54, 1.807) is 0 Å². The molecular weight excluding hydrogens is 817 g/mol. The van der Waals surface area contributed by atoms with Crippen LogP contribution in [0, 0.1) is 0 Å². The molecule has 0 aromatic rings. The van der Waals surface area contributed by atoms with Crippen molar-refractivity contribution in [3.63, 3.8) is 0 Å². The van der Waals surface area contributed by atoms with Gasteiger partial charge in [-0.3, -0.25) is 14.4 Å². The van der Waals surface area contributed by atoms with Crippen LogP contribution >= 0.6 is 0 Å². The number of carbonyl (C=O) groups is 3. The maximum atomic E-state index is 12.8. The van der Waals surface area contributed by atoms with Gasteiger partial charge in [-0.15, -0.1) is 0 Å². The Labute approximate surface area is 406 Å². The van der Waals surface area contributed by atoms with Crippen molar-refractivity contribution >= 4 is 17.9 Å². The normalized spacial score (nSPS) is 13.0. The van der Waals surface area contributed by atoms with Crippen LogP contribution in [0.4, 0.5) is 0 Å². The number of esters is 3. The van der Waals surface area contributed by atoms with E-state index < -0.39 is 6.10 Å². The van der Waals surface area contributed by atoms with Gasteiger partial charge in [0.2, 0.25) is 0 Å². The summed E-state index contributed by atoms with van der Waals surface area (Å²) in [5.41, 5.74) is 0. The third-order valence-electron chi connectivity index (χ3n) is 11.2. The molecule has 0 saturated heterocycles. The number of hydrogen-bond donors (Lipinski definition) is 0. The summed E-state index contributed by atoms with van der Waals surface area (Å²) >= 11 is 0. The molecule has 1 unspecified atom stereocenters. The molecular formula is C60H98O6. The molecule has 6 heteroatoms. The molecule has 66 heavy (non-hydrogen) atoms. The van der Waals surface area contributed by atoms with E-state index in [1.165, 1.54) is 96.3 Å². The van der Waals surface area contributed by atoms with Gasteiger partial charge in [-0.2, -0.15) is 0 Å². The van der Waals surface area contributed by atoms with Gasteiger partial charge in [-0.1, -0.05) is 259 Å². The summed E-state index contributed by atoms with van der Waals surface area (Å²) in [4.78, 5) is 38.1. The highest BCUT2D eigenvalue weighted by Crippen LogP contribution is 2.15. The fraction of sp³-hybridized carbons (Fsp3) is 0.650. The molecule has 1 atom stereocenters. The fourth-order valence-corrected chi connectivity index (χ4v) is 7.18. The Morgan fingerprint density at radius 1 is 0.318 bits per heavy atom. The summed E-state index contributed by atoms with van der Waals surface area (Å²) < 4.78 is 16.8. The van der Waals surface area contributed by atoms with E-state index in [0.29, 0.717) is 19.3 Å². The first-order valence-electron chi connectivity index (χ1n) is 27.0. The van der Waals surface area contributed by atoms with E-state index >= 15 is 0 Å². The predicted molar refractivity (Wildman–Crippen MR) is 283 cm³/mol. The molecule has 0 aliphatic rings. The average molecular weight is 915 g/mol. The SMILES string of the molecule is CC\C=C/C=C\C=C/C=C\C=C/CCCCCC(=O)OC(COC(=O)CCCCCCC\C=C/C=C\C=C/C=C\CCCCC)COC(=O)CCCCCCCCCCCCCCCCC. The first kappa shape index (κ1) is 62.1. The van der Waals surface area contributed by atoms with Crippen molar-refractivity contribution in [2.75, 3.05) is 13.2 Å². The van der Waals surface area contributed by atoms with Gasteiger partial charge in [-0.05, 0) is 64.2 Å². The maximum Gasteiger partial charge on any atom is 0.306 e. The highest BCUT2D eigenvalue weighted by Gasteiger charge is 2.19. The van der Waals surface area contributed by atoms with Crippen molar-refractivity contribution in [2.45, 2.75) is 239 Å². The van der Waals surface area contributed by atoms with Crippen molar-refractivity contribution in [2.24, 2.45) is 0 Å². The summed E-state index contributed by atoms with van der Waals surface area (Å²) in [6.07, 6.45) is 72.1. The number of unbranched alkanes of at least 4 members (excludes halogenated alkanes) is 25. The Hall–Kier alpha value is -3.93. The van der Waals surface area contributed by atoms with E-state index in [-0.39, 0.29) is 37.5 Å².